The highest BCUT2D eigenvalue weighted by Crippen LogP contribution is 2.34. The Kier molecular flexibility index (Phi) is 7.40. The lowest BCUT2D eigenvalue weighted by molar-refractivity contribution is 0.0955. The SMILES string of the molecule is O=C(N/N=C\c1cc(Cl)c(OCc2ccccc2)c(Cl)c1)c1ccc(Cl)c(Cl)c1. The van der Waals surface area contributed by atoms with Crippen molar-refractivity contribution < 1.29 is 9.53 Å². The van der Waals surface area contributed by atoms with Crippen LogP contribution in [-0.4, -0.2) is 12.1 Å². The molecule has 0 spiro atoms. The highest BCUT2D eigenvalue weighted by Gasteiger charge is 2.10. The van der Waals surface area contributed by atoms with E-state index in [9.17, 15) is 4.79 Å². The maximum absolute atomic E-state index is 12.1. The third kappa shape index (κ3) is 5.87. The quantitative estimate of drug-likeness (QED) is 0.326. The summed E-state index contributed by atoms with van der Waals surface area (Å²) < 4.78 is 5.73. The zero-order valence-electron chi connectivity index (χ0n) is 14.8. The molecule has 0 saturated carbocycles. The van der Waals surface area contributed by atoms with Gasteiger partial charge in [0.15, 0.2) is 5.75 Å². The third-order valence-electron chi connectivity index (χ3n) is 3.81. The van der Waals surface area contributed by atoms with Crippen molar-refractivity contribution in [3.8, 4) is 5.75 Å². The summed E-state index contributed by atoms with van der Waals surface area (Å²) in [5.41, 5.74) is 4.33. The van der Waals surface area contributed by atoms with Gasteiger partial charge in [0, 0.05) is 5.56 Å². The Balaban J connectivity index is 1.65. The number of hydrogen-bond donors (Lipinski definition) is 1. The monoisotopic (exact) mass is 466 g/mol. The molecule has 0 radical (unpaired) electrons. The van der Waals surface area contributed by atoms with E-state index in [1.54, 1.807) is 18.2 Å². The third-order valence-corrected chi connectivity index (χ3v) is 5.11. The van der Waals surface area contributed by atoms with E-state index in [0.717, 1.165) is 5.56 Å². The molecule has 0 heterocycles. The van der Waals surface area contributed by atoms with Crippen LogP contribution in [0.4, 0.5) is 0 Å². The summed E-state index contributed by atoms with van der Waals surface area (Å²) in [6.07, 6.45) is 1.42. The number of hydrogen-bond acceptors (Lipinski definition) is 3. The minimum Gasteiger partial charge on any atom is -0.486 e. The zero-order chi connectivity index (χ0) is 20.8. The molecule has 0 unspecified atom stereocenters. The maximum Gasteiger partial charge on any atom is 0.271 e. The minimum atomic E-state index is -0.431. The number of halogens is 4. The van der Waals surface area contributed by atoms with Crippen LogP contribution in [0.2, 0.25) is 20.1 Å². The van der Waals surface area contributed by atoms with Gasteiger partial charge in [-0.25, -0.2) is 5.43 Å². The van der Waals surface area contributed by atoms with E-state index >= 15 is 0 Å². The molecule has 3 aromatic rings. The molecule has 4 nitrogen and oxygen atoms in total. The van der Waals surface area contributed by atoms with Gasteiger partial charge in [0.2, 0.25) is 0 Å². The van der Waals surface area contributed by atoms with Gasteiger partial charge in [-0.2, -0.15) is 5.10 Å². The standard InChI is InChI=1S/C21H14Cl4N2O2/c22-16-7-6-15(10-17(16)23)21(28)27-26-11-14-8-18(24)20(19(25)9-14)29-12-13-4-2-1-3-5-13/h1-11H,12H2,(H,27,28)/b26-11-. The Morgan fingerprint density at radius 2 is 1.59 bits per heavy atom. The van der Waals surface area contributed by atoms with Gasteiger partial charge in [0.1, 0.15) is 6.61 Å². The van der Waals surface area contributed by atoms with Gasteiger partial charge in [-0.15, -0.1) is 0 Å². The molecule has 1 amide bonds. The first kappa shape index (κ1) is 21.5. The van der Waals surface area contributed by atoms with Crippen LogP contribution in [0, 0.1) is 0 Å². The molecule has 8 heteroatoms. The Morgan fingerprint density at radius 3 is 2.24 bits per heavy atom. The second-order valence-corrected chi connectivity index (χ2v) is 7.54. The second-order valence-electron chi connectivity index (χ2n) is 5.92. The molecular weight excluding hydrogens is 454 g/mol. The van der Waals surface area contributed by atoms with E-state index in [0.29, 0.717) is 38.6 Å². The van der Waals surface area contributed by atoms with Crippen LogP contribution in [0.3, 0.4) is 0 Å². The van der Waals surface area contributed by atoms with Gasteiger partial charge in [-0.05, 0) is 41.5 Å². The predicted octanol–water partition coefficient (Wildman–Crippen LogP) is 6.64. The number of nitrogens with one attached hydrogen (secondary N) is 1. The molecule has 0 aliphatic carbocycles. The summed E-state index contributed by atoms with van der Waals surface area (Å²) >= 11 is 24.3. The molecule has 3 rings (SSSR count). The molecule has 1 N–H and O–H groups in total. The van der Waals surface area contributed by atoms with Gasteiger partial charge in [0.25, 0.3) is 5.91 Å². The first-order valence-electron chi connectivity index (χ1n) is 8.38. The number of nitrogens with zero attached hydrogens (tertiary/aromatic N) is 1. The van der Waals surface area contributed by atoms with Crippen molar-refractivity contribution in [3.05, 3.63) is 97.4 Å². The number of hydrazone groups is 1. The van der Waals surface area contributed by atoms with Crippen LogP contribution in [-0.2, 0) is 6.61 Å². The Labute approximate surface area is 188 Å². The van der Waals surface area contributed by atoms with Crippen LogP contribution < -0.4 is 10.2 Å². The Morgan fingerprint density at radius 1 is 0.897 bits per heavy atom. The van der Waals surface area contributed by atoms with Crippen molar-refractivity contribution in [1.82, 2.24) is 5.43 Å². The average molecular weight is 468 g/mol. The molecule has 0 aliphatic heterocycles. The normalized spacial score (nSPS) is 10.9. The summed E-state index contributed by atoms with van der Waals surface area (Å²) in [4.78, 5) is 12.1. The van der Waals surface area contributed by atoms with E-state index < -0.39 is 5.91 Å². The van der Waals surface area contributed by atoms with Gasteiger partial charge in [-0.1, -0.05) is 76.7 Å². The Hall–Kier alpha value is -2.24. The van der Waals surface area contributed by atoms with E-state index in [4.69, 9.17) is 51.1 Å². The van der Waals surface area contributed by atoms with Crippen LogP contribution in [0.25, 0.3) is 0 Å². The van der Waals surface area contributed by atoms with Crippen molar-refractivity contribution in [3.63, 3.8) is 0 Å². The molecule has 0 bridgehead atoms. The van der Waals surface area contributed by atoms with Gasteiger partial charge < -0.3 is 4.74 Å². The van der Waals surface area contributed by atoms with Crippen LogP contribution >= 0.6 is 46.4 Å². The summed E-state index contributed by atoms with van der Waals surface area (Å²) in [7, 11) is 0. The fourth-order valence-corrected chi connectivity index (χ4v) is 3.30. The largest absolute Gasteiger partial charge is 0.486 e. The van der Waals surface area contributed by atoms with Gasteiger partial charge in [0.05, 0.1) is 26.3 Å². The molecule has 0 saturated heterocycles. The molecule has 0 fully saturated rings. The molecule has 3 aromatic carbocycles. The summed E-state index contributed by atoms with van der Waals surface area (Å²) in [6.45, 7) is 0.341. The van der Waals surface area contributed by atoms with Crippen molar-refractivity contribution in [2.75, 3.05) is 0 Å². The number of amides is 1. The van der Waals surface area contributed by atoms with Gasteiger partial charge in [-0.3, -0.25) is 4.79 Å². The second kappa shape index (κ2) is 9.99. The van der Waals surface area contributed by atoms with Crippen LogP contribution in [0.1, 0.15) is 21.5 Å². The number of carbonyl (C=O) groups is 1. The minimum absolute atomic E-state index is 0.285. The smallest absolute Gasteiger partial charge is 0.271 e. The number of ether oxygens (including phenoxy) is 1. The molecule has 29 heavy (non-hydrogen) atoms. The molecule has 0 aromatic heterocycles. The van der Waals surface area contributed by atoms with E-state index in [1.165, 1.54) is 18.3 Å². The van der Waals surface area contributed by atoms with Crippen molar-refractivity contribution in [1.29, 1.82) is 0 Å². The number of benzene rings is 3. The topological polar surface area (TPSA) is 50.7 Å². The van der Waals surface area contributed by atoms with E-state index in [2.05, 4.69) is 10.5 Å². The molecule has 0 atom stereocenters. The van der Waals surface area contributed by atoms with Crippen molar-refractivity contribution in [2.24, 2.45) is 5.10 Å². The van der Waals surface area contributed by atoms with Crippen LogP contribution in [0.5, 0.6) is 5.75 Å². The first-order valence-corrected chi connectivity index (χ1v) is 9.89. The first-order chi connectivity index (χ1) is 13.9. The lowest BCUT2D eigenvalue weighted by Gasteiger charge is -2.11. The van der Waals surface area contributed by atoms with Gasteiger partial charge >= 0.3 is 0 Å². The fraction of sp³-hybridized carbons (Fsp3) is 0.0476. The molecular formula is C21H14Cl4N2O2. The van der Waals surface area contributed by atoms with E-state index in [1.807, 2.05) is 30.3 Å². The highest BCUT2D eigenvalue weighted by atomic mass is 35.5. The lowest BCUT2D eigenvalue weighted by Crippen LogP contribution is -2.17. The van der Waals surface area contributed by atoms with E-state index in [-0.39, 0.29) is 5.02 Å². The van der Waals surface area contributed by atoms with Crippen molar-refractivity contribution >= 4 is 58.5 Å². The zero-order valence-corrected chi connectivity index (χ0v) is 17.9. The van der Waals surface area contributed by atoms with Crippen LogP contribution in [0.15, 0.2) is 65.8 Å². The Bertz CT molecular complexity index is 1030. The number of rotatable bonds is 6. The fourth-order valence-electron chi connectivity index (χ4n) is 2.39. The average Bonchev–Trinajstić information content (AvgIpc) is 2.70. The molecule has 148 valence electrons. The molecule has 0 aliphatic rings. The van der Waals surface area contributed by atoms with Crippen molar-refractivity contribution in [2.45, 2.75) is 6.61 Å². The highest BCUT2D eigenvalue weighted by molar-refractivity contribution is 6.42. The summed E-state index contributed by atoms with van der Waals surface area (Å²) in [6, 6.07) is 17.5. The lowest BCUT2D eigenvalue weighted by atomic mass is 10.2. The number of carbonyl (C=O) groups excluding carboxylic acids is 1. The summed E-state index contributed by atoms with van der Waals surface area (Å²) in [5.74, 6) is -0.0472. The predicted molar refractivity (Wildman–Crippen MR) is 119 cm³/mol. The summed E-state index contributed by atoms with van der Waals surface area (Å²) in [5, 5.41) is 5.25. The maximum atomic E-state index is 12.1.